The van der Waals surface area contributed by atoms with Crippen LogP contribution < -0.4 is 10.1 Å². The molecule has 0 spiro atoms. The zero-order valence-corrected chi connectivity index (χ0v) is 23.5. The summed E-state index contributed by atoms with van der Waals surface area (Å²) in [6.07, 6.45) is 7.10. The third kappa shape index (κ3) is 7.20. The molecule has 4 nitrogen and oxygen atoms in total. The largest absolute Gasteiger partial charge is 0.485 e. The summed E-state index contributed by atoms with van der Waals surface area (Å²) in [5, 5.41) is 3.57. The molecule has 1 aliphatic carbocycles. The van der Waals surface area contributed by atoms with Crippen LogP contribution in [-0.2, 0) is 22.6 Å². The Morgan fingerprint density at radius 2 is 1.62 bits per heavy atom. The minimum absolute atomic E-state index is 0.247. The summed E-state index contributed by atoms with van der Waals surface area (Å²) in [6.45, 7) is 8.02. The van der Waals surface area contributed by atoms with Crippen molar-refractivity contribution in [1.82, 2.24) is 0 Å². The number of aryl methyl sites for hydroxylation is 1. The number of fused-ring (bicyclic) bond motifs is 1. The zero-order chi connectivity index (χ0) is 27.2. The quantitative estimate of drug-likeness (QED) is 0.285. The molecular formula is C34H42FNO3. The van der Waals surface area contributed by atoms with Crippen molar-refractivity contribution in [2.75, 3.05) is 11.9 Å². The van der Waals surface area contributed by atoms with Crippen molar-refractivity contribution in [3.63, 3.8) is 0 Å². The second kappa shape index (κ2) is 12.5. The van der Waals surface area contributed by atoms with Gasteiger partial charge in [-0.05, 0) is 74.6 Å². The number of hydrogen-bond donors (Lipinski definition) is 1. The molecule has 0 aromatic heterocycles. The highest BCUT2D eigenvalue weighted by atomic mass is 19.1. The third-order valence-corrected chi connectivity index (χ3v) is 8.16. The van der Waals surface area contributed by atoms with Crippen molar-refractivity contribution >= 4 is 5.69 Å². The highest BCUT2D eigenvalue weighted by molar-refractivity contribution is 5.54. The average molecular weight is 532 g/mol. The molecule has 1 saturated carbocycles. The van der Waals surface area contributed by atoms with Gasteiger partial charge in [-0.25, -0.2) is 4.39 Å². The molecule has 1 fully saturated rings. The lowest BCUT2D eigenvalue weighted by atomic mass is 9.86. The van der Waals surface area contributed by atoms with Gasteiger partial charge in [0.1, 0.15) is 29.4 Å². The normalized spacial score (nSPS) is 20.7. The monoisotopic (exact) mass is 531 g/mol. The summed E-state index contributed by atoms with van der Waals surface area (Å²) in [7, 11) is 0. The maximum Gasteiger partial charge on any atom is 0.132 e. The number of nitrogens with one attached hydrogen (secondary N) is 1. The summed E-state index contributed by atoms with van der Waals surface area (Å²) in [4.78, 5) is 0. The lowest BCUT2D eigenvalue weighted by Crippen LogP contribution is -2.51. The van der Waals surface area contributed by atoms with Gasteiger partial charge in [0, 0.05) is 24.4 Å². The van der Waals surface area contributed by atoms with Gasteiger partial charge in [-0.2, -0.15) is 0 Å². The summed E-state index contributed by atoms with van der Waals surface area (Å²) in [5.74, 6) is 1.33. The first kappa shape index (κ1) is 27.7. The van der Waals surface area contributed by atoms with E-state index >= 15 is 0 Å². The number of rotatable bonds is 10. The first-order chi connectivity index (χ1) is 18.9. The molecule has 2 aliphatic rings. The lowest BCUT2D eigenvalue weighted by Gasteiger charge is -2.44. The fraction of sp³-hybridized carbons (Fsp3) is 0.471. The highest BCUT2D eigenvalue weighted by Crippen LogP contribution is 2.45. The fourth-order valence-electron chi connectivity index (χ4n) is 5.82. The van der Waals surface area contributed by atoms with Gasteiger partial charge in [0.05, 0.1) is 6.61 Å². The standard InChI is InChI=1S/C34H42FNO3/c1-24-9-11-26(12-10-24)22-36-29-17-18-31-30(21-29)32(37-20-19-25-7-5-4-6-8-25)33(34(2,3)39-31)38-23-27-13-15-28(35)16-14-27/h9-18,21,25,32-33,36H,4-8,19-20,22-23H2,1-3H3. The van der Waals surface area contributed by atoms with Gasteiger partial charge in [0.2, 0.25) is 0 Å². The van der Waals surface area contributed by atoms with Crippen molar-refractivity contribution in [2.45, 2.75) is 90.3 Å². The van der Waals surface area contributed by atoms with Crippen molar-refractivity contribution < 1.29 is 18.6 Å². The van der Waals surface area contributed by atoms with Crippen molar-refractivity contribution in [3.05, 3.63) is 94.8 Å². The maximum absolute atomic E-state index is 13.5. The van der Waals surface area contributed by atoms with Crippen molar-refractivity contribution in [2.24, 2.45) is 5.92 Å². The highest BCUT2D eigenvalue weighted by Gasteiger charge is 2.45. The Kier molecular flexibility index (Phi) is 8.89. The number of hydrogen-bond acceptors (Lipinski definition) is 4. The number of ether oxygens (including phenoxy) is 3. The number of anilines is 1. The minimum atomic E-state index is -0.598. The Balaban J connectivity index is 1.35. The van der Waals surface area contributed by atoms with Gasteiger partial charge in [-0.15, -0.1) is 0 Å². The first-order valence-electron chi connectivity index (χ1n) is 14.5. The maximum atomic E-state index is 13.5. The molecule has 0 radical (unpaired) electrons. The van der Waals surface area contributed by atoms with E-state index in [1.54, 1.807) is 12.1 Å². The molecule has 0 saturated heterocycles. The van der Waals surface area contributed by atoms with E-state index in [0.29, 0.717) is 13.2 Å². The molecule has 39 heavy (non-hydrogen) atoms. The van der Waals surface area contributed by atoms with E-state index < -0.39 is 5.60 Å². The van der Waals surface area contributed by atoms with Crippen LogP contribution in [0, 0.1) is 18.7 Å². The Morgan fingerprint density at radius 1 is 0.897 bits per heavy atom. The average Bonchev–Trinajstić information content (AvgIpc) is 2.93. The van der Waals surface area contributed by atoms with E-state index in [9.17, 15) is 4.39 Å². The smallest absolute Gasteiger partial charge is 0.132 e. The molecule has 0 amide bonds. The molecule has 2 unspecified atom stereocenters. The Bertz CT molecular complexity index is 1200. The summed E-state index contributed by atoms with van der Waals surface area (Å²) >= 11 is 0. The van der Waals surface area contributed by atoms with Gasteiger partial charge in [-0.1, -0.05) is 74.1 Å². The van der Waals surface area contributed by atoms with Crippen molar-refractivity contribution in [3.8, 4) is 5.75 Å². The molecule has 0 bridgehead atoms. The molecule has 1 heterocycles. The van der Waals surface area contributed by atoms with Gasteiger partial charge < -0.3 is 19.5 Å². The van der Waals surface area contributed by atoms with E-state index in [4.69, 9.17) is 14.2 Å². The van der Waals surface area contributed by atoms with E-state index in [2.05, 4.69) is 62.5 Å². The van der Waals surface area contributed by atoms with Crippen LogP contribution in [-0.4, -0.2) is 18.3 Å². The van der Waals surface area contributed by atoms with Crippen LogP contribution in [0.25, 0.3) is 0 Å². The molecular weight excluding hydrogens is 489 g/mol. The van der Waals surface area contributed by atoms with Crippen LogP contribution in [0.2, 0.25) is 0 Å². The molecule has 3 aromatic carbocycles. The fourth-order valence-corrected chi connectivity index (χ4v) is 5.82. The van der Waals surface area contributed by atoms with E-state index in [0.717, 1.165) is 41.4 Å². The Morgan fingerprint density at radius 3 is 2.36 bits per heavy atom. The second-order valence-electron chi connectivity index (χ2n) is 11.7. The molecule has 5 heteroatoms. The SMILES string of the molecule is Cc1ccc(CNc2ccc3c(c2)C(OCCC2CCCCC2)C(OCc2ccc(F)cc2)C(C)(C)O3)cc1. The number of benzene rings is 3. The lowest BCUT2D eigenvalue weighted by molar-refractivity contribution is -0.168. The van der Waals surface area contributed by atoms with Crippen LogP contribution >= 0.6 is 0 Å². The van der Waals surface area contributed by atoms with Gasteiger partial charge >= 0.3 is 0 Å². The van der Waals surface area contributed by atoms with Crippen molar-refractivity contribution in [1.29, 1.82) is 0 Å². The Hall–Kier alpha value is -2.89. The van der Waals surface area contributed by atoms with E-state index in [1.165, 1.54) is 55.4 Å². The number of halogens is 1. The van der Waals surface area contributed by atoms with Crippen LogP contribution in [0.3, 0.4) is 0 Å². The predicted octanol–water partition coefficient (Wildman–Crippen LogP) is 8.53. The minimum Gasteiger partial charge on any atom is -0.485 e. The summed E-state index contributed by atoms with van der Waals surface area (Å²) in [5.41, 5.74) is 4.85. The zero-order valence-electron chi connectivity index (χ0n) is 23.5. The molecule has 208 valence electrons. The molecule has 2 atom stereocenters. The van der Waals surface area contributed by atoms with Crippen LogP contribution in [0.15, 0.2) is 66.7 Å². The van der Waals surface area contributed by atoms with Crippen LogP contribution in [0.1, 0.15) is 80.7 Å². The molecule has 5 rings (SSSR count). The van der Waals surface area contributed by atoms with E-state index in [1.807, 2.05) is 6.07 Å². The Labute approximate surface area is 232 Å². The van der Waals surface area contributed by atoms with Gasteiger partial charge in [-0.3, -0.25) is 0 Å². The first-order valence-corrected chi connectivity index (χ1v) is 14.5. The van der Waals surface area contributed by atoms with Gasteiger partial charge in [0.15, 0.2) is 0 Å². The van der Waals surface area contributed by atoms with Gasteiger partial charge in [0.25, 0.3) is 0 Å². The van der Waals surface area contributed by atoms with Crippen LogP contribution in [0.5, 0.6) is 5.75 Å². The van der Waals surface area contributed by atoms with Crippen LogP contribution in [0.4, 0.5) is 10.1 Å². The second-order valence-corrected chi connectivity index (χ2v) is 11.7. The molecule has 3 aromatic rings. The topological polar surface area (TPSA) is 39.7 Å². The third-order valence-electron chi connectivity index (χ3n) is 8.16. The van der Waals surface area contributed by atoms with E-state index in [-0.39, 0.29) is 18.0 Å². The summed E-state index contributed by atoms with van der Waals surface area (Å²) < 4.78 is 33.2. The predicted molar refractivity (Wildman–Crippen MR) is 155 cm³/mol. The molecule has 1 aliphatic heterocycles. The summed E-state index contributed by atoms with van der Waals surface area (Å²) in [6, 6.07) is 21.3. The molecule has 1 N–H and O–H groups in total.